The predicted octanol–water partition coefficient (Wildman–Crippen LogP) is 12.9. The number of fused-ring (bicyclic) bond motifs is 6. The Balaban J connectivity index is 1.25. The van der Waals surface area contributed by atoms with Crippen molar-refractivity contribution in [3.8, 4) is 44.8 Å². The maximum absolute atomic E-state index is 9.71. The van der Waals surface area contributed by atoms with E-state index in [0.717, 1.165) is 71.9 Å². The zero-order chi connectivity index (χ0) is 35.6. The molecule has 0 aliphatic carbocycles. The molecule has 0 N–H and O–H groups in total. The molecule has 0 aliphatic heterocycles. The van der Waals surface area contributed by atoms with Crippen molar-refractivity contribution < 1.29 is 4.11 Å². The lowest BCUT2D eigenvalue weighted by Gasteiger charge is -2.11. The van der Waals surface area contributed by atoms with Gasteiger partial charge < -0.3 is 9.13 Å². The van der Waals surface area contributed by atoms with Gasteiger partial charge in [0.1, 0.15) is 0 Å². The molecule has 8 aromatic carbocycles. The monoisotopic (exact) mass is 639 g/mol. The summed E-state index contributed by atoms with van der Waals surface area (Å²) in [5.41, 5.74) is 11.3. The molecule has 0 unspecified atom stereocenters. The highest BCUT2D eigenvalue weighted by molar-refractivity contribution is 6.13. The van der Waals surface area contributed by atoms with Gasteiger partial charge in [-0.25, -0.2) is 0 Å². The average Bonchev–Trinajstić information content (AvgIpc) is 3.74. The maximum Gasteiger partial charge on any atom is 0.0645 e. The molecule has 0 fully saturated rings. The number of para-hydroxylation sites is 2. The Hall–Kier alpha value is -6.64. The SMILES string of the molecule is [2H]c1c(-c2ccc3c(c2)c2cc(-c4ccccc4)ccc2n3-c2cccc(-c3ccccc3)c2)c([2H])c2c3ccccc3n(-c3ccccc3)c2c1[2H]. The lowest BCUT2D eigenvalue weighted by molar-refractivity contribution is 1.18. The first-order valence-corrected chi connectivity index (χ1v) is 16.9. The minimum absolute atomic E-state index is 0.0473. The van der Waals surface area contributed by atoms with Gasteiger partial charge in [-0.1, -0.05) is 127 Å². The Morgan fingerprint density at radius 3 is 1.48 bits per heavy atom. The Labute approximate surface area is 294 Å². The summed E-state index contributed by atoms with van der Waals surface area (Å²) >= 11 is 0. The molecular formula is C48H32N2. The smallest absolute Gasteiger partial charge is 0.0645 e. The second kappa shape index (κ2) is 11.5. The summed E-state index contributed by atoms with van der Waals surface area (Å²) in [4.78, 5) is 0. The van der Waals surface area contributed by atoms with Crippen LogP contribution >= 0.6 is 0 Å². The van der Waals surface area contributed by atoms with E-state index in [-0.39, 0.29) is 18.1 Å². The molecule has 2 aromatic heterocycles. The highest BCUT2D eigenvalue weighted by atomic mass is 15.0. The van der Waals surface area contributed by atoms with Crippen LogP contribution in [0.15, 0.2) is 194 Å². The molecule has 0 radical (unpaired) electrons. The van der Waals surface area contributed by atoms with Crippen LogP contribution in [0, 0.1) is 0 Å². The summed E-state index contributed by atoms with van der Waals surface area (Å²) in [5.74, 6) is 0. The van der Waals surface area contributed by atoms with Gasteiger partial charge in [-0.3, -0.25) is 0 Å². The summed E-state index contributed by atoms with van der Waals surface area (Å²) < 4.78 is 32.9. The molecule has 0 atom stereocenters. The van der Waals surface area contributed by atoms with E-state index < -0.39 is 0 Å². The van der Waals surface area contributed by atoms with Gasteiger partial charge in [0, 0.05) is 32.9 Å². The van der Waals surface area contributed by atoms with Crippen molar-refractivity contribution in [2.75, 3.05) is 0 Å². The van der Waals surface area contributed by atoms with E-state index in [2.05, 4.69) is 108 Å². The number of benzene rings is 8. The Morgan fingerprint density at radius 2 is 0.800 bits per heavy atom. The fraction of sp³-hybridized carbons (Fsp3) is 0. The minimum atomic E-state index is 0.0473. The number of aromatic nitrogens is 2. The first-order valence-electron chi connectivity index (χ1n) is 18.4. The van der Waals surface area contributed by atoms with E-state index in [1.807, 2.05) is 77.4 Å². The van der Waals surface area contributed by atoms with Crippen LogP contribution in [0.2, 0.25) is 0 Å². The van der Waals surface area contributed by atoms with Gasteiger partial charge in [0.2, 0.25) is 0 Å². The zero-order valence-corrected chi connectivity index (χ0v) is 27.1. The summed E-state index contributed by atoms with van der Waals surface area (Å²) in [6.07, 6.45) is 0. The standard InChI is InChI=1S/C48H32N2/c1-4-13-33(14-5-1)35-17-12-20-40(29-35)50-47-26-23-36(34-15-6-2-7-16-34)30-43(47)44-32-38(25-28-48(44)50)37-24-27-46-42(31-37)41-21-10-11-22-45(41)49(46)39-18-8-3-9-19-39/h1-32H/i24D,27D,31D. The molecule has 0 saturated carbocycles. The Bertz CT molecular complexity index is 3020. The largest absolute Gasteiger partial charge is 0.309 e. The van der Waals surface area contributed by atoms with Gasteiger partial charge in [0.25, 0.3) is 0 Å². The van der Waals surface area contributed by atoms with E-state index in [4.69, 9.17) is 0 Å². The van der Waals surface area contributed by atoms with Crippen LogP contribution in [0.4, 0.5) is 0 Å². The third-order valence-corrected chi connectivity index (χ3v) is 9.82. The molecular weight excluding hydrogens is 605 g/mol. The molecule has 50 heavy (non-hydrogen) atoms. The molecule has 10 rings (SSSR count). The van der Waals surface area contributed by atoms with Crippen LogP contribution in [-0.4, -0.2) is 9.13 Å². The van der Waals surface area contributed by atoms with Gasteiger partial charge in [0.05, 0.1) is 26.2 Å². The van der Waals surface area contributed by atoms with Crippen molar-refractivity contribution in [1.29, 1.82) is 0 Å². The molecule has 2 heterocycles. The fourth-order valence-corrected chi connectivity index (χ4v) is 7.47. The van der Waals surface area contributed by atoms with Gasteiger partial charge in [-0.2, -0.15) is 0 Å². The van der Waals surface area contributed by atoms with Crippen LogP contribution in [0.1, 0.15) is 4.11 Å². The molecule has 0 bridgehead atoms. The van der Waals surface area contributed by atoms with Crippen LogP contribution in [0.3, 0.4) is 0 Å². The van der Waals surface area contributed by atoms with Gasteiger partial charge in [-0.15, -0.1) is 0 Å². The topological polar surface area (TPSA) is 9.86 Å². The van der Waals surface area contributed by atoms with Crippen molar-refractivity contribution in [1.82, 2.24) is 9.13 Å². The predicted molar refractivity (Wildman–Crippen MR) is 211 cm³/mol. The molecule has 2 nitrogen and oxygen atoms in total. The van der Waals surface area contributed by atoms with Crippen LogP contribution < -0.4 is 0 Å². The van der Waals surface area contributed by atoms with Crippen molar-refractivity contribution >= 4 is 43.6 Å². The zero-order valence-electron chi connectivity index (χ0n) is 30.1. The van der Waals surface area contributed by atoms with Crippen LogP contribution in [0.5, 0.6) is 0 Å². The number of hydrogen-bond acceptors (Lipinski definition) is 0. The summed E-state index contributed by atoms with van der Waals surface area (Å²) in [6.45, 7) is 0. The second-order valence-electron chi connectivity index (χ2n) is 12.7. The molecule has 0 saturated heterocycles. The van der Waals surface area contributed by atoms with Gasteiger partial charge >= 0.3 is 0 Å². The maximum atomic E-state index is 9.71. The molecule has 10 aromatic rings. The van der Waals surface area contributed by atoms with E-state index in [9.17, 15) is 4.11 Å². The van der Waals surface area contributed by atoms with Crippen molar-refractivity contribution in [2.45, 2.75) is 0 Å². The van der Waals surface area contributed by atoms with Gasteiger partial charge in [0.15, 0.2) is 0 Å². The first kappa shape index (κ1) is 25.4. The molecule has 0 amide bonds. The number of nitrogens with zero attached hydrogens (tertiary/aromatic N) is 2. The van der Waals surface area contributed by atoms with E-state index in [1.165, 1.54) is 0 Å². The molecule has 234 valence electrons. The fourth-order valence-electron chi connectivity index (χ4n) is 7.47. The number of hydrogen-bond donors (Lipinski definition) is 0. The van der Waals surface area contributed by atoms with Crippen molar-refractivity contribution in [2.24, 2.45) is 0 Å². The van der Waals surface area contributed by atoms with E-state index >= 15 is 0 Å². The second-order valence-corrected chi connectivity index (χ2v) is 12.7. The third-order valence-electron chi connectivity index (χ3n) is 9.82. The Kier molecular flexibility index (Phi) is 5.84. The van der Waals surface area contributed by atoms with Crippen LogP contribution in [0.25, 0.3) is 88.4 Å². The Morgan fingerprint density at radius 1 is 0.300 bits per heavy atom. The molecule has 0 spiro atoms. The van der Waals surface area contributed by atoms with Crippen LogP contribution in [-0.2, 0) is 0 Å². The highest BCUT2D eigenvalue weighted by Gasteiger charge is 2.17. The molecule has 0 aliphatic rings. The summed E-state index contributed by atoms with van der Waals surface area (Å²) in [7, 11) is 0. The van der Waals surface area contributed by atoms with Gasteiger partial charge in [-0.05, 0) is 100 Å². The summed E-state index contributed by atoms with van der Waals surface area (Å²) in [5, 5.41) is 3.69. The normalized spacial score (nSPS) is 12.4. The first-order chi connectivity index (χ1) is 26.1. The minimum Gasteiger partial charge on any atom is -0.309 e. The lowest BCUT2D eigenvalue weighted by Crippen LogP contribution is -1.94. The molecule has 2 heteroatoms. The highest BCUT2D eigenvalue weighted by Crippen LogP contribution is 2.40. The number of rotatable bonds is 5. The van der Waals surface area contributed by atoms with Crippen molar-refractivity contribution in [3.05, 3.63) is 194 Å². The van der Waals surface area contributed by atoms with Crippen molar-refractivity contribution in [3.63, 3.8) is 0 Å². The quantitative estimate of drug-likeness (QED) is 0.177. The average molecular weight is 640 g/mol. The lowest BCUT2D eigenvalue weighted by atomic mass is 9.99. The summed E-state index contributed by atoms with van der Waals surface area (Å²) in [6, 6.07) is 60.8. The van der Waals surface area contributed by atoms with E-state index in [0.29, 0.717) is 16.5 Å². The van der Waals surface area contributed by atoms with E-state index in [1.54, 1.807) is 0 Å². The third kappa shape index (κ3) is 4.57.